The van der Waals surface area contributed by atoms with Crippen LogP contribution in [0.5, 0.6) is 0 Å². The number of hydrogen-bond donors (Lipinski definition) is 1. The van der Waals surface area contributed by atoms with Crippen molar-refractivity contribution in [1.82, 2.24) is 15.1 Å². The van der Waals surface area contributed by atoms with Gasteiger partial charge in [-0.1, -0.05) is 60.3 Å². The van der Waals surface area contributed by atoms with Gasteiger partial charge < -0.3 is 5.32 Å². The molecule has 0 radical (unpaired) electrons. The molecule has 0 saturated carbocycles. The number of aryl methyl sites for hydroxylation is 2. The zero-order valence-electron chi connectivity index (χ0n) is 14.8. The van der Waals surface area contributed by atoms with E-state index in [0.29, 0.717) is 6.04 Å². The number of nitrogens with zero attached hydrogens (tertiary/aromatic N) is 2. The molecular weight excluding hydrogens is 258 g/mol. The van der Waals surface area contributed by atoms with Gasteiger partial charge in [0.25, 0.3) is 0 Å². The minimum Gasteiger partial charge on any atom is -0.310 e. The summed E-state index contributed by atoms with van der Waals surface area (Å²) in [5.74, 6) is 0. The van der Waals surface area contributed by atoms with E-state index in [1.165, 1.54) is 49.1 Å². The van der Waals surface area contributed by atoms with Crippen LogP contribution in [0.2, 0.25) is 0 Å². The van der Waals surface area contributed by atoms with Gasteiger partial charge in [-0.25, -0.2) is 0 Å². The highest BCUT2D eigenvalue weighted by atomic mass is 15.3. The lowest BCUT2D eigenvalue weighted by Gasteiger charge is -2.11. The van der Waals surface area contributed by atoms with E-state index in [-0.39, 0.29) is 0 Å². The lowest BCUT2D eigenvalue weighted by Crippen LogP contribution is -2.23. The fraction of sp³-hybridized carbons (Fsp3) is 0.833. The molecule has 0 bridgehead atoms. The Balaban J connectivity index is 2.70. The summed E-state index contributed by atoms with van der Waals surface area (Å²) in [6, 6.07) is 0.525. The standard InChI is InChI=1S/C18H35N3/c1-6-9-10-11-12-13-21-18(8-3)16(14-19-15(4)5)17(7-2)20-21/h15,19H,6-14H2,1-5H3. The molecule has 122 valence electrons. The molecule has 1 N–H and O–H groups in total. The van der Waals surface area contributed by atoms with Crippen molar-refractivity contribution in [1.29, 1.82) is 0 Å². The molecule has 0 aliphatic heterocycles. The SMILES string of the molecule is CCCCCCCn1nc(CC)c(CNC(C)C)c1CC. The van der Waals surface area contributed by atoms with Gasteiger partial charge >= 0.3 is 0 Å². The molecule has 0 amide bonds. The van der Waals surface area contributed by atoms with Crippen LogP contribution in [0.3, 0.4) is 0 Å². The first kappa shape index (κ1) is 18.2. The van der Waals surface area contributed by atoms with Crippen LogP contribution in [0.1, 0.15) is 83.7 Å². The lowest BCUT2D eigenvalue weighted by atomic mass is 10.1. The summed E-state index contributed by atoms with van der Waals surface area (Å²) < 4.78 is 2.28. The van der Waals surface area contributed by atoms with Crippen molar-refractivity contribution in [2.24, 2.45) is 0 Å². The van der Waals surface area contributed by atoms with Crippen LogP contribution in [0, 0.1) is 0 Å². The molecule has 1 rings (SSSR count). The summed E-state index contributed by atoms with van der Waals surface area (Å²) in [6.45, 7) is 13.2. The van der Waals surface area contributed by atoms with Gasteiger partial charge in [-0.15, -0.1) is 0 Å². The van der Waals surface area contributed by atoms with Gasteiger partial charge in [0.15, 0.2) is 0 Å². The maximum atomic E-state index is 4.87. The Bertz CT molecular complexity index is 393. The number of nitrogens with one attached hydrogen (secondary N) is 1. The van der Waals surface area contributed by atoms with Crippen molar-refractivity contribution in [2.75, 3.05) is 0 Å². The first-order chi connectivity index (χ1) is 10.1. The van der Waals surface area contributed by atoms with E-state index >= 15 is 0 Å². The summed E-state index contributed by atoms with van der Waals surface area (Å²) in [5, 5.41) is 8.43. The molecule has 3 heteroatoms. The third-order valence-electron chi connectivity index (χ3n) is 4.08. The van der Waals surface area contributed by atoms with E-state index in [4.69, 9.17) is 5.10 Å². The molecule has 0 aliphatic carbocycles. The van der Waals surface area contributed by atoms with Crippen molar-refractivity contribution in [2.45, 2.75) is 98.7 Å². The molecule has 3 nitrogen and oxygen atoms in total. The summed E-state index contributed by atoms with van der Waals surface area (Å²) in [6.07, 6.45) is 8.74. The van der Waals surface area contributed by atoms with Crippen molar-refractivity contribution in [3.63, 3.8) is 0 Å². The Hall–Kier alpha value is -0.830. The largest absolute Gasteiger partial charge is 0.310 e. The van der Waals surface area contributed by atoms with E-state index in [0.717, 1.165) is 25.9 Å². The van der Waals surface area contributed by atoms with Gasteiger partial charge in [0, 0.05) is 30.4 Å². The fourth-order valence-corrected chi connectivity index (χ4v) is 2.83. The van der Waals surface area contributed by atoms with Crippen LogP contribution < -0.4 is 5.32 Å². The van der Waals surface area contributed by atoms with E-state index < -0.39 is 0 Å². The minimum atomic E-state index is 0.525. The molecule has 0 unspecified atom stereocenters. The maximum absolute atomic E-state index is 4.87. The van der Waals surface area contributed by atoms with Gasteiger partial charge in [0.05, 0.1) is 5.69 Å². The minimum absolute atomic E-state index is 0.525. The zero-order valence-corrected chi connectivity index (χ0v) is 14.8. The van der Waals surface area contributed by atoms with Crippen LogP contribution >= 0.6 is 0 Å². The summed E-state index contributed by atoms with van der Waals surface area (Å²) >= 11 is 0. The molecule has 1 heterocycles. The van der Waals surface area contributed by atoms with E-state index in [2.05, 4.69) is 44.6 Å². The Morgan fingerprint density at radius 3 is 2.29 bits per heavy atom. The summed E-state index contributed by atoms with van der Waals surface area (Å²) in [7, 11) is 0. The third kappa shape index (κ3) is 5.82. The molecule has 1 aromatic rings. The quantitative estimate of drug-likeness (QED) is 0.610. The molecule has 1 aromatic heterocycles. The van der Waals surface area contributed by atoms with Crippen LogP contribution in [-0.2, 0) is 25.9 Å². The maximum Gasteiger partial charge on any atom is 0.0669 e. The summed E-state index contributed by atoms with van der Waals surface area (Å²) in [4.78, 5) is 0. The molecule has 0 saturated heterocycles. The van der Waals surface area contributed by atoms with Crippen LogP contribution in [-0.4, -0.2) is 15.8 Å². The molecule has 0 fully saturated rings. The molecule has 0 aliphatic rings. The summed E-state index contributed by atoms with van der Waals surface area (Å²) in [5.41, 5.74) is 4.17. The average molecular weight is 293 g/mol. The average Bonchev–Trinajstić information content (AvgIpc) is 2.81. The number of aromatic nitrogens is 2. The van der Waals surface area contributed by atoms with Crippen molar-refractivity contribution < 1.29 is 0 Å². The van der Waals surface area contributed by atoms with E-state index in [1.807, 2.05) is 0 Å². The topological polar surface area (TPSA) is 29.9 Å². The van der Waals surface area contributed by atoms with Crippen LogP contribution in [0.25, 0.3) is 0 Å². The second-order valence-corrected chi connectivity index (χ2v) is 6.25. The normalized spacial score (nSPS) is 11.5. The number of hydrogen-bond acceptors (Lipinski definition) is 2. The zero-order chi connectivity index (χ0) is 15.7. The van der Waals surface area contributed by atoms with Crippen LogP contribution in [0.4, 0.5) is 0 Å². The fourth-order valence-electron chi connectivity index (χ4n) is 2.83. The Morgan fingerprint density at radius 1 is 1.00 bits per heavy atom. The molecule has 0 atom stereocenters. The smallest absolute Gasteiger partial charge is 0.0669 e. The van der Waals surface area contributed by atoms with Gasteiger partial charge in [-0.05, 0) is 19.3 Å². The highest BCUT2D eigenvalue weighted by Gasteiger charge is 2.15. The van der Waals surface area contributed by atoms with Gasteiger partial charge in [0.1, 0.15) is 0 Å². The van der Waals surface area contributed by atoms with Crippen molar-refractivity contribution in [3.8, 4) is 0 Å². The second kappa shape index (κ2) is 9.99. The molecule has 21 heavy (non-hydrogen) atoms. The first-order valence-electron chi connectivity index (χ1n) is 8.94. The van der Waals surface area contributed by atoms with E-state index in [1.54, 1.807) is 0 Å². The Labute approximate surface area is 131 Å². The van der Waals surface area contributed by atoms with Gasteiger partial charge in [0.2, 0.25) is 0 Å². The number of unbranched alkanes of at least 4 members (excludes halogenated alkanes) is 4. The van der Waals surface area contributed by atoms with Crippen molar-refractivity contribution >= 4 is 0 Å². The Kier molecular flexibility index (Phi) is 8.67. The molecule has 0 aromatic carbocycles. The van der Waals surface area contributed by atoms with Crippen molar-refractivity contribution in [3.05, 3.63) is 17.0 Å². The highest BCUT2D eigenvalue weighted by Crippen LogP contribution is 2.17. The highest BCUT2D eigenvalue weighted by molar-refractivity contribution is 5.26. The molecule has 0 spiro atoms. The predicted molar refractivity (Wildman–Crippen MR) is 91.7 cm³/mol. The lowest BCUT2D eigenvalue weighted by molar-refractivity contribution is 0.514. The number of rotatable bonds is 11. The first-order valence-corrected chi connectivity index (χ1v) is 8.94. The molecular formula is C18H35N3. The van der Waals surface area contributed by atoms with E-state index in [9.17, 15) is 0 Å². The predicted octanol–water partition coefficient (Wildman–Crippen LogP) is 4.48. The van der Waals surface area contributed by atoms with Crippen LogP contribution in [0.15, 0.2) is 0 Å². The monoisotopic (exact) mass is 293 g/mol. The Morgan fingerprint density at radius 2 is 1.71 bits per heavy atom. The van der Waals surface area contributed by atoms with Gasteiger partial charge in [-0.3, -0.25) is 4.68 Å². The second-order valence-electron chi connectivity index (χ2n) is 6.25. The third-order valence-corrected chi connectivity index (χ3v) is 4.08. The van der Waals surface area contributed by atoms with Gasteiger partial charge in [-0.2, -0.15) is 5.10 Å².